The highest BCUT2D eigenvalue weighted by atomic mass is 16.2. The van der Waals surface area contributed by atoms with Crippen molar-refractivity contribution in [3.05, 3.63) is 60.2 Å². The standard InChI is InChI=1S/C18H20N4O/c23-18(14-4-3-6-19-8-14)22-11-15-9-21(10-16(15)12-22)13-17-5-1-2-7-20-17/h1-8,15-16H,9-13H2/t15-,16+. The van der Waals surface area contributed by atoms with Gasteiger partial charge >= 0.3 is 0 Å². The number of carbonyl (C=O) groups is 1. The average molecular weight is 308 g/mol. The van der Waals surface area contributed by atoms with Crippen LogP contribution >= 0.6 is 0 Å². The van der Waals surface area contributed by atoms with Gasteiger partial charge in [0.05, 0.1) is 11.3 Å². The topological polar surface area (TPSA) is 49.3 Å². The third-order valence-corrected chi connectivity index (χ3v) is 4.87. The minimum absolute atomic E-state index is 0.115. The van der Waals surface area contributed by atoms with Crippen LogP contribution in [0.1, 0.15) is 16.1 Å². The van der Waals surface area contributed by atoms with Crippen molar-refractivity contribution in [3.8, 4) is 0 Å². The average Bonchev–Trinajstić information content (AvgIpc) is 3.14. The first-order chi connectivity index (χ1) is 11.3. The summed E-state index contributed by atoms with van der Waals surface area (Å²) in [6, 6.07) is 9.72. The second-order valence-corrected chi connectivity index (χ2v) is 6.49. The molecule has 2 aliphatic heterocycles. The lowest BCUT2D eigenvalue weighted by Gasteiger charge is -2.21. The Kier molecular flexibility index (Phi) is 3.79. The van der Waals surface area contributed by atoms with Gasteiger partial charge in [0.2, 0.25) is 0 Å². The summed E-state index contributed by atoms with van der Waals surface area (Å²) in [6.07, 6.45) is 5.20. The third kappa shape index (κ3) is 2.97. The van der Waals surface area contributed by atoms with Crippen LogP contribution in [0.3, 0.4) is 0 Å². The predicted molar refractivity (Wildman–Crippen MR) is 86.6 cm³/mol. The largest absolute Gasteiger partial charge is 0.338 e. The summed E-state index contributed by atoms with van der Waals surface area (Å²) in [5.74, 6) is 1.28. The van der Waals surface area contributed by atoms with E-state index in [-0.39, 0.29) is 5.91 Å². The van der Waals surface area contributed by atoms with Crippen molar-refractivity contribution < 1.29 is 4.79 Å². The normalized spacial score (nSPS) is 23.9. The van der Waals surface area contributed by atoms with E-state index in [0.29, 0.717) is 17.4 Å². The first-order valence-corrected chi connectivity index (χ1v) is 8.11. The molecular formula is C18H20N4O. The third-order valence-electron chi connectivity index (χ3n) is 4.87. The molecule has 0 aliphatic carbocycles. The van der Waals surface area contributed by atoms with E-state index in [1.807, 2.05) is 35.4 Å². The van der Waals surface area contributed by atoms with Crippen molar-refractivity contribution in [2.75, 3.05) is 26.2 Å². The SMILES string of the molecule is O=C(c1cccnc1)N1C[C@H]2CN(Cc3ccccn3)C[C@H]2C1. The Morgan fingerprint density at radius 3 is 2.52 bits per heavy atom. The molecule has 2 atom stereocenters. The summed E-state index contributed by atoms with van der Waals surface area (Å²) < 4.78 is 0. The zero-order valence-corrected chi connectivity index (χ0v) is 13.0. The van der Waals surface area contributed by atoms with Crippen molar-refractivity contribution in [2.45, 2.75) is 6.54 Å². The summed E-state index contributed by atoms with van der Waals surface area (Å²) in [6.45, 7) is 4.73. The number of hydrogen-bond donors (Lipinski definition) is 0. The molecule has 23 heavy (non-hydrogen) atoms. The molecule has 2 fully saturated rings. The lowest BCUT2D eigenvalue weighted by Crippen LogP contribution is -2.33. The Balaban J connectivity index is 1.36. The summed E-state index contributed by atoms with van der Waals surface area (Å²) in [5.41, 5.74) is 1.81. The van der Waals surface area contributed by atoms with Crippen LogP contribution in [0.25, 0.3) is 0 Å². The van der Waals surface area contributed by atoms with E-state index in [2.05, 4.69) is 20.9 Å². The van der Waals surface area contributed by atoms with Crippen LogP contribution < -0.4 is 0 Å². The van der Waals surface area contributed by atoms with Gasteiger partial charge in [-0.1, -0.05) is 6.07 Å². The maximum atomic E-state index is 12.5. The molecule has 0 spiro atoms. The maximum Gasteiger partial charge on any atom is 0.255 e. The number of aromatic nitrogens is 2. The van der Waals surface area contributed by atoms with Gasteiger partial charge in [-0.2, -0.15) is 0 Å². The van der Waals surface area contributed by atoms with Crippen LogP contribution in [0.2, 0.25) is 0 Å². The Labute approximate surface area is 136 Å². The molecular weight excluding hydrogens is 288 g/mol. The Morgan fingerprint density at radius 1 is 1.04 bits per heavy atom. The fourth-order valence-corrected chi connectivity index (χ4v) is 3.78. The molecule has 0 radical (unpaired) electrons. The van der Waals surface area contributed by atoms with E-state index < -0.39 is 0 Å². The number of likely N-dealkylation sites (tertiary alicyclic amines) is 2. The van der Waals surface area contributed by atoms with E-state index in [1.54, 1.807) is 12.4 Å². The van der Waals surface area contributed by atoms with Crippen molar-refractivity contribution in [3.63, 3.8) is 0 Å². The quantitative estimate of drug-likeness (QED) is 0.865. The number of rotatable bonds is 3. The van der Waals surface area contributed by atoms with Gasteiger partial charge in [-0.3, -0.25) is 19.7 Å². The van der Waals surface area contributed by atoms with E-state index in [4.69, 9.17) is 0 Å². The highest BCUT2D eigenvalue weighted by molar-refractivity contribution is 5.94. The van der Waals surface area contributed by atoms with Gasteiger partial charge < -0.3 is 4.90 Å². The van der Waals surface area contributed by atoms with Gasteiger partial charge in [-0.15, -0.1) is 0 Å². The molecule has 5 heteroatoms. The number of hydrogen-bond acceptors (Lipinski definition) is 4. The van der Waals surface area contributed by atoms with Crippen LogP contribution in [-0.2, 0) is 6.54 Å². The second-order valence-electron chi connectivity index (χ2n) is 6.49. The van der Waals surface area contributed by atoms with E-state index in [1.165, 1.54) is 0 Å². The molecule has 118 valence electrons. The maximum absolute atomic E-state index is 12.5. The van der Waals surface area contributed by atoms with Gasteiger partial charge in [-0.25, -0.2) is 0 Å². The summed E-state index contributed by atoms with van der Waals surface area (Å²) >= 11 is 0. The van der Waals surface area contributed by atoms with Gasteiger partial charge in [0.1, 0.15) is 0 Å². The molecule has 4 heterocycles. The van der Waals surface area contributed by atoms with Crippen LogP contribution in [-0.4, -0.2) is 51.9 Å². The lowest BCUT2D eigenvalue weighted by molar-refractivity contribution is 0.0773. The van der Waals surface area contributed by atoms with E-state index >= 15 is 0 Å². The molecule has 2 aromatic rings. The molecule has 0 bridgehead atoms. The van der Waals surface area contributed by atoms with E-state index in [9.17, 15) is 4.79 Å². The van der Waals surface area contributed by atoms with Crippen molar-refractivity contribution in [2.24, 2.45) is 11.8 Å². The Hall–Kier alpha value is -2.27. The van der Waals surface area contributed by atoms with Gasteiger partial charge in [-0.05, 0) is 36.1 Å². The summed E-state index contributed by atoms with van der Waals surface area (Å²) in [4.78, 5) is 25.4. The Morgan fingerprint density at radius 2 is 1.87 bits per heavy atom. The number of nitrogens with zero attached hydrogens (tertiary/aromatic N) is 4. The minimum atomic E-state index is 0.115. The zero-order valence-electron chi connectivity index (χ0n) is 13.0. The summed E-state index contributed by atoms with van der Waals surface area (Å²) in [7, 11) is 0. The van der Waals surface area contributed by atoms with Crippen LogP contribution in [0.5, 0.6) is 0 Å². The van der Waals surface area contributed by atoms with Crippen LogP contribution in [0.4, 0.5) is 0 Å². The fraction of sp³-hybridized carbons (Fsp3) is 0.389. The highest BCUT2D eigenvalue weighted by Crippen LogP contribution is 2.32. The first-order valence-electron chi connectivity index (χ1n) is 8.11. The van der Waals surface area contributed by atoms with Gasteiger partial charge in [0.15, 0.2) is 0 Å². The van der Waals surface area contributed by atoms with E-state index in [0.717, 1.165) is 38.4 Å². The molecule has 2 aliphatic rings. The zero-order chi connectivity index (χ0) is 15.6. The van der Waals surface area contributed by atoms with Crippen LogP contribution in [0.15, 0.2) is 48.9 Å². The molecule has 2 aromatic heterocycles. The molecule has 2 saturated heterocycles. The monoisotopic (exact) mass is 308 g/mol. The smallest absolute Gasteiger partial charge is 0.255 e. The van der Waals surface area contributed by atoms with Crippen molar-refractivity contribution in [1.82, 2.24) is 19.8 Å². The predicted octanol–water partition coefficient (Wildman–Crippen LogP) is 1.68. The molecule has 0 aromatic carbocycles. The van der Waals surface area contributed by atoms with Gasteiger partial charge in [0.25, 0.3) is 5.91 Å². The fourth-order valence-electron chi connectivity index (χ4n) is 3.78. The molecule has 1 amide bonds. The number of carbonyl (C=O) groups excluding carboxylic acids is 1. The second kappa shape index (κ2) is 6.08. The van der Waals surface area contributed by atoms with Crippen molar-refractivity contribution >= 4 is 5.91 Å². The molecule has 4 rings (SSSR count). The highest BCUT2D eigenvalue weighted by Gasteiger charge is 2.41. The van der Waals surface area contributed by atoms with Crippen molar-refractivity contribution in [1.29, 1.82) is 0 Å². The van der Waals surface area contributed by atoms with Gasteiger partial charge in [0, 0.05) is 51.3 Å². The lowest BCUT2D eigenvalue weighted by atomic mass is 10.0. The Bertz CT molecular complexity index is 662. The molecule has 0 unspecified atom stereocenters. The summed E-state index contributed by atoms with van der Waals surface area (Å²) in [5, 5.41) is 0. The number of amides is 1. The number of fused-ring (bicyclic) bond motifs is 1. The molecule has 0 N–H and O–H groups in total. The minimum Gasteiger partial charge on any atom is -0.338 e. The number of pyridine rings is 2. The first kappa shape index (κ1) is 14.3. The molecule has 5 nitrogen and oxygen atoms in total. The molecule has 0 saturated carbocycles. The van der Waals surface area contributed by atoms with Crippen LogP contribution in [0, 0.1) is 11.8 Å².